The summed E-state index contributed by atoms with van der Waals surface area (Å²) in [6.45, 7) is 1.71. The number of rotatable bonds is 6. The zero-order valence-corrected chi connectivity index (χ0v) is 11.0. The Labute approximate surface area is 115 Å². The molecule has 1 aromatic carbocycles. The Morgan fingerprint density at radius 2 is 2.05 bits per heavy atom. The molecule has 0 saturated carbocycles. The molecule has 3 N–H and O–H groups in total. The van der Waals surface area contributed by atoms with Crippen LogP contribution < -0.4 is 10.6 Å². The fraction of sp³-hybridized carbons (Fsp3) is 0.385. The van der Waals surface area contributed by atoms with Crippen molar-refractivity contribution in [1.29, 1.82) is 0 Å². The van der Waals surface area contributed by atoms with Gasteiger partial charge >= 0.3 is 12.0 Å². The van der Waals surface area contributed by atoms with Gasteiger partial charge in [0.05, 0.1) is 6.04 Å². The van der Waals surface area contributed by atoms with Gasteiger partial charge in [-0.25, -0.2) is 13.6 Å². The number of aliphatic carboxylic acids is 1. The first kappa shape index (κ1) is 15.9. The topological polar surface area (TPSA) is 78.4 Å². The molecule has 0 aromatic heterocycles. The van der Waals surface area contributed by atoms with E-state index in [1.165, 1.54) is 19.1 Å². The highest BCUT2D eigenvalue weighted by atomic mass is 19.2. The zero-order valence-electron chi connectivity index (χ0n) is 11.0. The quantitative estimate of drug-likeness (QED) is 0.701. The highest BCUT2D eigenvalue weighted by Gasteiger charge is 2.15. The van der Waals surface area contributed by atoms with Crippen LogP contribution >= 0.6 is 0 Å². The molecule has 1 rings (SSSR count). The molecule has 5 nitrogen and oxygen atoms in total. The van der Waals surface area contributed by atoms with Crippen LogP contribution in [-0.2, 0) is 4.79 Å². The van der Waals surface area contributed by atoms with Gasteiger partial charge in [-0.05, 0) is 19.4 Å². The summed E-state index contributed by atoms with van der Waals surface area (Å²) in [6.07, 6.45) is 0.250. The normalized spacial score (nSPS) is 11.8. The zero-order chi connectivity index (χ0) is 15.1. The number of carboxylic acid groups (broad SMARTS) is 1. The maximum Gasteiger partial charge on any atom is 0.315 e. The molecule has 0 aliphatic rings. The monoisotopic (exact) mass is 286 g/mol. The van der Waals surface area contributed by atoms with E-state index in [-0.39, 0.29) is 18.5 Å². The lowest BCUT2D eigenvalue weighted by Crippen LogP contribution is -2.37. The summed E-state index contributed by atoms with van der Waals surface area (Å²) in [7, 11) is 0. The van der Waals surface area contributed by atoms with Gasteiger partial charge in [0.1, 0.15) is 0 Å². The van der Waals surface area contributed by atoms with Crippen molar-refractivity contribution in [3.63, 3.8) is 0 Å². The van der Waals surface area contributed by atoms with E-state index in [2.05, 4.69) is 10.6 Å². The van der Waals surface area contributed by atoms with Gasteiger partial charge in [0.15, 0.2) is 11.6 Å². The Kier molecular flexibility index (Phi) is 5.89. The van der Waals surface area contributed by atoms with Crippen molar-refractivity contribution < 1.29 is 23.5 Å². The summed E-state index contributed by atoms with van der Waals surface area (Å²) < 4.78 is 26.5. The molecule has 2 amide bonds. The van der Waals surface area contributed by atoms with E-state index in [4.69, 9.17) is 5.11 Å². The Morgan fingerprint density at radius 3 is 2.70 bits per heavy atom. The third-order valence-electron chi connectivity index (χ3n) is 2.65. The first-order chi connectivity index (χ1) is 9.41. The molecule has 1 atom stereocenters. The molecular weight excluding hydrogens is 270 g/mol. The van der Waals surface area contributed by atoms with E-state index in [0.717, 1.165) is 6.07 Å². The van der Waals surface area contributed by atoms with Gasteiger partial charge < -0.3 is 15.7 Å². The third kappa shape index (κ3) is 4.83. The highest BCUT2D eigenvalue weighted by molar-refractivity contribution is 5.74. The van der Waals surface area contributed by atoms with Crippen molar-refractivity contribution in [3.05, 3.63) is 35.4 Å². The number of carbonyl (C=O) groups excluding carboxylic acids is 1. The van der Waals surface area contributed by atoms with Crippen molar-refractivity contribution in [2.45, 2.75) is 25.8 Å². The van der Waals surface area contributed by atoms with Gasteiger partial charge in [-0.3, -0.25) is 4.79 Å². The predicted octanol–water partition coefficient (Wildman–Crippen LogP) is 2.19. The smallest absolute Gasteiger partial charge is 0.315 e. The Bertz CT molecular complexity index is 495. The fourth-order valence-electron chi connectivity index (χ4n) is 1.62. The molecule has 110 valence electrons. The summed E-state index contributed by atoms with van der Waals surface area (Å²) in [5, 5.41) is 13.3. The van der Waals surface area contributed by atoms with Gasteiger partial charge in [0.25, 0.3) is 0 Å². The van der Waals surface area contributed by atoms with Crippen LogP contribution in [0.1, 0.15) is 31.4 Å². The maximum absolute atomic E-state index is 13.5. The minimum Gasteiger partial charge on any atom is -0.481 e. The average molecular weight is 286 g/mol. The number of urea groups is 1. The third-order valence-corrected chi connectivity index (χ3v) is 2.65. The minimum atomic E-state index is -0.994. The Hall–Kier alpha value is -2.18. The molecule has 0 spiro atoms. The molecule has 0 bridgehead atoms. The lowest BCUT2D eigenvalue weighted by atomic mass is 10.1. The number of carboxylic acids is 1. The maximum atomic E-state index is 13.5. The number of benzene rings is 1. The van der Waals surface area contributed by atoms with E-state index < -0.39 is 29.7 Å². The SMILES string of the molecule is CC(NC(=O)NCCCC(=O)O)c1cccc(F)c1F. The number of amides is 2. The molecule has 0 fully saturated rings. The summed E-state index contributed by atoms with van der Waals surface area (Å²) in [5.41, 5.74) is 0.0469. The van der Waals surface area contributed by atoms with E-state index in [9.17, 15) is 18.4 Å². The number of hydrogen-bond donors (Lipinski definition) is 3. The van der Waals surface area contributed by atoms with E-state index in [1.54, 1.807) is 0 Å². The second kappa shape index (κ2) is 7.42. The molecule has 0 aliphatic carbocycles. The first-order valence-electron chi connectivity index (χ1n) is 6.12. The van der Waals surface area contributed by atoms with Crippen LogP contribution in [0.3, 0.4) is 0 Å². The van der Waals surface area contributed by atoms with Crippen LogP contribution in [0.4, 0.5) is 13.6 Å². The lowest BCUT2D eigenvalue weighted by Gasteiger charge is -2.15. The molecule has 0 radical (unpaired) electrons. The van der Waals surface area contributed by atoms with Crippen molar-refractivity contribution in [2.24, 2.45) is 0 Å². The molecular formula is C13H16F2N2O3. The molecule has 1 aromatic rings. The van der Waals surface area contributed by atoms with Crippen LogP contribution in [0.25, 0.3) is 0 Å². The van der Waals surface area contributed by atoms with E-state index >= 15 is 0 Å². The highest BCUT2D eigenvalue weighted by Crippen LogP contribution is 2.18. The van der Waals surface area contributed by atoms with Gasteiger partial charge in [-0.1, -0.05) is 12.1 Å². The van der Waals surface area contributed by atoms with Crippen LogP contribution in [0.2, 0.25) is 0 Å². The second-order valence-corrected chi connectivity index (χ2v) is 4.26. The Morgan fingerprint density at radius 1 is 1.35 bits per heavy atom. The molecule has 0 heterocycles. The van der Waals surface area contributed by atoms with E-state index in [0.29, 0.717) is 6.42 Å². The first-order valence-corrected chi connectivity index (χ1v) is 6.12. The second-order valence-electron chi connectivity index (χ2n) is 4.26. The minimum absolute atomic E-state index is 0.0469. The molecule has 0 aliphatic heterocycles. The summed E-state index contributed by atoms with van der Waals surface area (Å²) in [6, 6.07) is 2.47. The summed E-state index contributed by atoms with van der Waals surface area (Å²) >= 11 is 0. The number of carbonyl (C=O) groups is 2. The van der Waals surface area contributed by atoms with Gasteiger partial charge in [-0.2, -0.15) is 0 Å². The van der Waals surface area contributed by atoms with Crippen molar-refractivity contribution in [3.8, 4) is 0 Å². The molecule has 7 heteroatoms. The fourth-order valence-corrected chi connectivity index (χ4v) is 1.62. The van der Waals surface area contributed by atoms with Crippen molar-refractivity contribution in [2.75, 3.05) is 6.54 Å². The predicted molar refractivity (Wildman–Crippen MR) is 68.2 cm³/mol. The van der Waals surface area contributed by atoms with Crippen LogP contribution in [-0.4, -0.2) is 23.7 Å². The summed E-state index contributed by atoms with van der Waals surface area (Å²) in [4.78, 5) is 21.8. The van der Waals surface area contributed by atoms with Crippen molar-refractivity contribution in [1.82, 2.24) is 10.6 Å². The van der Waals surface area contributed by atoms with E-state index in [1.807, 2.05) is 0 Å². The van der Waals surface area contributed by atoms with Crippen molar-refractivity contribution >= 4 is 12.0 Å². The van der Waals surface area contributed by atoms with Crippen LogP contribution in [0, 0.1) is 11.6 Å². The molecule has 1 unspecified atom stereocenters. The standard InChI is InChI=1S/C13H16F2N2O3/c1-8(9-4-2-5-10(14)12(9)15)17-13(20)16-7-3-6-11(18)19/h2,4-5,8H,3,6-7H2,1H3,(H,18,19)(H2,16,17,20). The largest absolute Gasteiger partial charge is 0.481 e. The van der Waals surface area contributed by atoms with Crippen LogP contribution in [0.5, 0.6) is 0 Å². The number of hydrogen-bond acceptors (Lipinski definition) is 2. The van der Waals surface area contributed by atoms with Gasteiger partial charge in [-0.15, -0.1) is 0 Å². The van der Waals surface area contributed by atoms with Gasteiger partial charge in [0, 0.05) is 18.5 Å². The average Bonchev–Trinajstić information content (AvgIpc) is 2.37. The summed E-state index contributed by atoms with van der Waals surface area (Å²) in [5.74, 6) is -2.91. The number of nitrogens with one attached hydrogen (secondary N) is 2. The molecule has 20 heavy (non-hydrogen) atoms. The lowest BCUT2D eigenvalue weighted by molar-refractivity contribution is -0.137. The molecule has 0 saturated heterocycles. The number of halogens is 2. The Balaban J connectivity index is 2.45. The van der Waals surface area contributed by atoms with Gasteiger partial charge in [0.2, 0.25) is 0 Å². The van der Waals surface area contributed by atoms with Crippen LogP contribution in [0.15, 0.2) is 18.2 Å².